The quantitative estimate of drug-likeness (QED) is 0.265. The van der Waals surface area contributed by atoms with Gasteiger partial charge in [-0.1, -0.05) is 19.6 Å². The van der Waals surface area contributed by atoms with Crippen molar-refractivity contribution in [1.82, 2.24) is 24.4 Å². The molecule has 3 unspecified atom stereocenters. The number of aryl methyl sites for hydroxylation is 1. The van der Waals surface area contributed by atoms with Crippen LogP contribution in [0.3, 0.4) is 0 Å². The number of hydrogen-bond donors (Lipinski definition) is 0. The smallest absolute Gasteiger partial charge is 0.246 e. The Labute approximate surface area is 209 Å². The maximum atomic E-state index is 12.0. The van der Waals surface area contributed by atoms with Crippen LogP contribution >= 0.6 is 28.4 Å². The van der Waals surface area contributed by atoms with Gasteiger partial charge in [0.2, 0.25) is 5.91 Å². The van der Waals surface area contributed by atoms with Gasteiger partial charge in [0.1, 0.15) is 12.1 Å². The number of amides is 1. The Morgan fingerprint density at radius 2 is 2.00 bits per heavy atom. The van der Waals surface area contributed by atoms with E-state index in [1.807, 2.05) is 11.1 Å². The average Bonchev–Trinajstić information content (AvgIpc) is 3.26. The molecule has 2 aromatic heterocycles. The lowest BCUT2D eigenvalue weighted by Gasteiger charge is -2.38. The molecule has 5 rings (SSSR count). The molecule has 1 aliphatic heterocycles. The van der Waals surface area contributed by atoms with Crippen molar-refractivity contribution < 1.29 is 4.79 Å². The van der Waals surface area contributed by atoms with Gasteiger partial charge in [0.05, 0.1) is 18.1 Å². The topological polar surface area (TPSA) is 67.2 Å². The van der Waals surface area contributed by atoms with E-state index in [1.165, 1.54) is 33.7 Å². The number of hydrogen-bond acceptors (Lipinski definition) is 5. The lowest BCUT2D eigenvalue weighted by molar-refractivity contribution is -0.126. The van der Waals surface area contributed by atoms with Crippen LogP contribution in [0.15, 0.2) is 37.3 Å². The lowest BCUT2D eigenvalue weighted by Crippen LogP contribution is -2.49. The molecule has 3 atom stereocenters. The lowest BCUT2D eigenvalue weighted by atomic mass is 9.73. The first kappa shape index (κ1) is 22.7. The summed E-state index contributed by atoms with van der Waals surface area (Å²) < 4.78 is 2.09. The highest BCUT2D eigenvalue weighted by molar-refractivity contribution is 14.2. The van der Waals surface area contributed by atoms with Gasteiger partial charge in [0.15, 0.2) is 0 Å². The van der Waals surface area contributed by atoms with E-state index in [1.54, 1.807) is 6.33 Å². The molecule has 1 amide bonds. The van der Waals surface area contributed by atoms with Gasteiger partial charge in [-0.2, -0.15) is 5.10 Å². The number of aromatic nitrogens is 4. The molecular weight excluding hydrogens is 546 g/mol. The van der Waals surface area contributed by atoms with Crippen LogP contribution < -0.4 is 4.90 Å². The monoisotopic (exact) mass is 574 g/mol. The van der Waals surface area contributed by atoms with Crippen molar-refractivity contribution in [1.29, 1.82) is 0 Å². The van der Waals surface area contributed by atoms with E-state index in [0.29, 0.717) is 31.3 Å². The third kappa shape index (κ3) is 4.05. The van der Waals surface area contributed by atoms with E-state index in [2.05, 4.69) is 69.1 Å². The van der Waals surface area contributed by atoms with E-state index < -0.39 is 0 Å². The average molecular weight is 574 g/mol. The van der Waals surface area contributed by atoms with Gasteiger partial charge in [0, 0.05) is 42.8 Å². The molecule has 3 aromatic rings. The molecule has 0 bridgehead atoms. The molecule has 33 heavy (non-hydrogen) atoms. The number of fused-ring (bicyclic) bond motifs is 2. The molecule has 1 fully saturated rings. The first-order valence-corrected chi connectivity index (χ1v) is 15.4. The summed E-state index contributed by atoms with van der Waals surface area (Å²) in [5, 5.41) is 5.91. The van der Waals surface area contributed by atoms with Gasteiger partial charge in [-0.25, -0.2) is 14.4 Å². The Bertz CT molecular complexity index is 1220. The second-order valence-electron chi connectivity index (χ2n) is 9.00. The number of nitrogens with zero attached hydrogens (tertiary/aromatic N) is 6. The minimum Gasteiger partial charge on any atom is -0.353 e. The molecule has 3 heterocycles. The normalized spacial score (nSPS) is 21.1. The van der Waals surface area contributed by atoms with Gasteiger partial charge >= 0.3 is 0 Å². The van der Waals surface area contributed by atoms with Crippen molar-refractivity contribution >= 4 is 51.0 Å². The zero-order valence-corrected chi connectivity index (χ0v) is 22.1. The fourth-order valence-electron chi connectivity index (χ4n) is 5.42. The number of carbonyl (C=O) groups is 1. The highest BCUT2D eigenvalue weighted by Gasteiger charge is 2.33. The molecule has 0 saturated carbocycles. The van der Waals surface area contributed by atoms with E-state index >= 15 is 0 Å². The Morgan fingerprint density at radius 1 is 1.21 bits per heavy atom. The minimum atomic E-state index is 0.00629. The Morgan fingerprint density at radius 3 is 2.73 bits per heavy atom. The van der Waals surface area contributed by atoms with Crippen molar-refractivity contribution in [2.24, 2.45) is 5.92 Å². The van der Waals surface area contributed by atoms with Gasteiger partial charge in [-0.15, -0.1) is 0 Å². The third-order valence-electron chi connectivity index (χ3n) is 7.17. The molecule has 9 heteroatoms. The van der Waals surface area contributed by atoms with Crippen LogP contribution in [0.2, 0.25) is 0 Å². The minimum absolute atomic E-state index is 0.00629. The summed E-state index contributed by atoms with van der Waals surface area (Å²) in [6.45, 7) is 11.2. The van der Waals surface area contributed by atoms with Crippen LogP contribution in [0.5, 0.6) is 0 Å². The zero-order valence-electron chi connectivity index (χ0n) is 19.0. The van der Waals surface area contributed by atoms with Crippen LogP contribution in [-0.4, -0.2) is 56.5 Å². The van der Waals surface area contributed by atoms with Gasteiger partial charge in [-0.3, -0.25) is 4.79 Å². The first-order valence-electron chi connectivity index (χ1n) is 11.3. The zero-order chi connectivity index (χ0) is 23.1. The molecule has 1 saturated heterocycles. The Balaban J connectivity index is 1.45. The maximum absolute atomic E-state index is 12.0. The molecule has 172 valence electrons. The molecule has 7 nitrogen and oxygen atoms in total. The predicted octanol–water partition coefficient (Wildman–Crippen LogP) is 4.28. The highest BCUT2D eigenvalue weighted by atomic mass is 127. The number of piperazine rings is 1. The molecule has 0 spiro atoms. The van der Waals surface area contributed by atoms with Crippen LogP contribution in [0.1, 0.15) is 35.2 Å². The standard InChI is InChI=1S/C24H28IN6OP/c1-4-22(32)29-7-9-30(10-8-29)24-18-11-16(3)17(12-20(18)26-14-27-24)23-15(2)5-6-21-19(23)13-28-31(21)33-25/h4-6,13-14,16-17,33H,1,7-12H2,2-3H3. The summed E-state index contributed by atoms with van der Waals surface area (Å²) >= 11 is 2.39. The summed E-state index contributed by atoms with van der Waals surface area (Å²) in [6, 6.07) is 4.44. The van der Waals surface area contributed by atoms with Crippen molar-refractivity contribution in [2.75, 3.05) is 31.1 Å². The third-order valence-corrected chi connectivity index (χ3v) is 9.05. The maximum Gasteiger partial charge on any atom is 0.246 e. The second kappa shape index (κ2) is 9.29. The summed E-state index contributed by atoms with van der Waals surface area (Å²) in [4.78, 5) is 25.6. The number of halogens is 1. The highest BCUT2D eigenvalue weighted by Crippen LogP contribution is 2.43. The summed E-state index contributed by atoms with van der Waals surface area (Å²) in [7, 11) is 0. The Kier molecular flexibility index (Phi) is 6.40. The van der Waals surface area contributed by atoms with Crippen molar-refractivity contribution in [3.05, 3.63) is 59.7 Å². The van der Waals surface area contributed by atoms with Gasteiger partial charge in [0.25, 0.3) is 0 Å². The van der Waals surface area contributed by atoms with Crippen LogP contribution in [0.4, 0.5) is 5.82 Å². The number of benzene rings is 1. The predicted molar refractivity (Wildman–Crippen MR) is 143 cm³/mol. The fraction of sp³-hybridized carbons (Fsp3) is 0.417. The van der Waals surface area contributed by atoms with Crippen molar-refractivity contribution in [3.8, 4) is 0 Å². The van der Waals surface area contributed by atoms with E-state index in [-0.39, 0.29) is 5.91 Å². The van der Waals surface area contributed by atoms with Crippen LogP contribution in [0.25, 0.3) is 10.9 Å². The summed E-state index contributed by atoms with van der Waals surface area (Å²) in [5.74, 6) is 1.93. The summed E-state index contributed by atoms with van der Waals surface area (Å²) in [5.41, 5.74) is 6.41. The van der Waals surface area contributed by atoms with Gasteiger partial charge < -0.3 is 9.80 Å². The van der Waals surface area contributed by atoms with Crippen molar-refractivity contribution in [2.45, 2.75) is 32.6 Å². The second-order valence-corrected chi connectivity index (χ2v) is 11.0. The first-order chi connectivity index (χ1) is 16.0. The molecular formula is C24H28IN6OP. The SMILES string of the molecule is C=CC(=O)N1CCN(c2ncnc3c2CC(C)C(c2c(C)ccc4c2cnn4PI)C3)CC1. The number of anilines is 1. The molecule has 1 aromatic carbocycles. The fourth-order valence-corrected chi connectivity index (χ4v) is 6.96. The molecule has 1 aliphatic carbocycles. The van der Waals surface area contributed by atoms with Crippen LogP contribution in [0, 0.1) is 12.8 Å². The van der Waals surface area contributed by atoms with E-state index in [9.17, 15) is 4.79 Å². The Hall–Kier alpha value is -2.06. The van der Waals surface area contributed by atoms with Crippen molar-refractivity contribution in [3.63, 3.8) is 0 Å². The number of rotatable bonds is 4. The molecule has 2 aliphatic rings. The van der Waals surface area contributed by atoms with Gasteiger partial charge in [-0.05, 0) is 76.9 Å². The molecule has 0 radical (unpaired) electrons. The molecule has 0 N–H and O–H groups in total. The summed E-state index contributed by atoms with van der Waals surface area (Å²) in [6.07, 6.45) is 7.62. The number of carbonyl (C=O) groups excluding carboxylic acids is 1. The largest absolute Gasteiger partial charge is 0.353 e. The van der Waals surface area contributed by atoms with E-state index in [0.717, 1.165) is 37.4 Å². The van der Waals surface area contributed by atoms with E-state index in [4.69, 9.17) is 9.97 Å². The van der Waals surface area contributed by atoms with Crippen LogP contribution in [-0.2, 0) is 17.6 Å².